The predicted molar refractivity (Wildman–Crippen MR) is 199 cm³/mol. The van der Waals surface area contributed by atoms with Gasteiger partial charge in [-0.3, -0.25) is 4.79 Å². The number of hydrogen-bond acceptors (Lipinski definition) is 7. The largest absolute Gasteiger partial charge is 0.451 e. The molecule has 0 saturated heterocycles. The second-order valence-electron chi connectivity index (χ2n) is 13.6. The van der Waals surface area contributed by atoms with Crippen LogP contribution in [-0.4, -0.2) is 67.7 Å². The maximum atomic E-state index is 13.9. The first-order chi connectivity index (χ1) is 25.1. The van der Waals surface area contributed by atoms with E-state index in [1.807, 2.05) is 68.4 Å². The summed E-state index contributed by atoms with van der Waals surface area (Å²) in [5.41, 5.74) is 7.13. The highest BCUT2D eigenvalue weighted by molar-refractivity contribution is 6.30. The summed E-state index contributed by atoms with van der Waals surface area (Å²) in [4.78, 5) is 41.7. The molecule has 1 N–H and O–H groups in total. The molecule has 7 rings (SSSR count). The van der Waals surface area contributed by atoms with Crippen molar-refractivity contribution in [1.29, 1.82) is 0 Å². The Morgan fingerprint density at radius 2 is 1.73 bits per heavy atom. The minimum Gasteiger partial charge on any atom is -0.451 e. The van der Waals surface area contributed by atoms with E-state index in [-0.39, 0.29) is 29.7 Å². The molecule has 2 unspecified atom stereocenters. The number of aromatic nitrogens is 3. The van der Waals surface area contributed by atoms with E-state index in [1.165, 1.54) is 5.01 Å². The van der Waals surface area contributed by atoms with Gasteiger partial charge in [-0.2, -0.15) is 5.10 Å². The Morgan fingerprint density at radius 3 is 2.46 bits per heavy atom. The van der Waals surface area contributed by atoms with Gasteiger partial charge in [0.25, 0.3) is 5.91 Å². The van der Waals surface area contributed by atoms with Gasteiger partial charge in [0.15, 0.2) is 12.3 Å². The van der Waals surface area contributed by atoms with Crippen molar-refractivity contribution < 1.29 is 19.1 Å². The third kappa shape index (κ3) is 7.20. The van der Waals surface area contributed by atoms with Gasteiger partial charge >= 0.3 is 12.0 Å². The van der Waals surface area contributed by atoms with Gasteiger partial charge in [-0.1, -0.05) is 64.8 Å². The first-order valence-electron chi connectivity index (χ1n) is 17.5. The highest BCUT2D eigenvalue weighted by Crippen LogP contribution is 2.44. The van der Waals surface area contributed by atoms with E-state index in [2.05, 4.69) is 21.7 Å². The Bertz CT molecular complexity index is 2070. The number of fused-ring (bicyclic) bond motifs is 2. The summed E-state index contributed by atoms with van der Waals surface area (Å²) in [5, 5.41) is 19.0. The normalized spacial score (nSPS) is 19.0. The van der Waals surface area contributed by atoms with Crippen LogP contribution in [0.15, 0.2) is 77.4 Å². The molecule has 3 heterocycles. The Labute approximate surface area is 312 Å². The van der Waals surface area contributed by atoms with Gasteiger partial charge < -0.3 is 15.0 Å². The van der Waals surface area contributed by atoms with Crippen LogP contribution in [0.1, 0.15) is 77.6 Å². The highest BCUT2D eigenvalue weighted by Gasteiger charge is 2.44. The van der Waals surface area contributed by atoms with Crippen molar-refractivity contribution in [1.82, 2.24) is 30.2 Å². The summed E-state index contributed by atoms with van der Waals surface area (Å²) in [6.07, 6.45) is 5.34. The van der Waals surface area contributed by atoms with Gasteiger partial charge in [-0.15, -0.1) is 5.10 Å². The van der Waals surface area contributed by atoms with Crippen molar-refractivity contribution in [3.63, 3.8) is 0 Å². The lowest BCUT2D eigenvalue weighted by Crippen LogP contribution is -2.45. The Balaban J connectivity index is 1.09. The number of allylic oxidation sites excluding steroid dienone is 1. The third-order valence-corrected chi connectivity index (χ3v) is 10.3. The summed E-state index contributed by atoms with van der Waals surface area (Å²) in [7, 11) is 0. The molecule has 2 aliphatic heterocycles. The number of carbonyl (C=O) groups is 3. The number of urea groups is 1. The van der Waals surface area contributed by atoms with E-state index < -0.39 is 18.5 Å². The summed E-state index contributed by atoms with van der Waals surface area (Å²) in [5.74, 6) is -1.24. The number of nitrogens with one attached hydrogen (secondary N) is 1. The number of hydrazone groups is 1. The number of carbonyl (C=O) groups excluding carboxylic acids is 3. The van der Waals surface area contributed by atoms with Crippen LogP contribution in [0.25, 0.3) is 11.8 Å². The number of halogens is 2. The Morgan fingerprint density at radius 1 is 1.00 bits per heavy atom. The number of rotatable bonds is 7. The van der Waals surface area contributed by atoms with Crippen LogP contribution in [0, 0.1) is 12.8 Å². The molecule has 52 heavy (non-hydrogen) atoms. The zero-order valence-electron chi connectivity index (χ0n) is 29.2. The number of ether oxygens (including phenoxy) is 1. The molecule has 11 nitrogen and oxygen atoms in total. The Kier molecular flexibility index (Phi) is 10.2. The van der Waals surface area contributed by atoms with Crippen LogP contribution in [0.4, 0.5) is 4.79 Å². The van der Waals surface area contributed by atoms with Gasteiger partial charge in [-0.05, 0) is 111 Å². The molecule has 1 aliphatic carbocycles. The zero-order valence-corrected chi connectivity index (χ0v) is 30.7. The van der Waals surface area contributed by atoms with Crippen molar-refractivity contribution >= 4 is 52.9 Å². The van der Waals surface area contributed by atoms with Crippen molar-refractivity contribution in [3.05, 3.63) is 116 Å². The third-order valence-electron chi connectivity index (χ3n) is 9.76. The molecular weight excluding hydrogens is 701 g/mol. The van der Waals surface area contributed by atoms with Crippen molar-refractivity contribution in [3.8, 4) is 5.69 Å². The lowest BCUT2D eigenvalue weighted by atomic mass is 9.77. The molecule has 3 aliphatic rings. The quantitative estimate of drug-likeness (QED) is 0.198. The number of nitrogens with zero attached hydrogens (tertiary/aromatic N) is 6. The van der Waals surface area contributed by atoms with Crippen LogP contribution < -0.4 is 5.32 Å². The van der Waals surface area contributed by atoms with Gasteiger partial charge in [-0.25, -0.2) is 19.3 Å². The van der Waals surface area contributed by atoms with Crippen molar-refractivity contribution in [2.75, 3.05) is 13.2 Å². The predicted octanol–water partition coefficient (Wildman–Crippen LogP) is 7.34. The molecule has 1 saturated carbocycles. The summed E-state index contributed by atoms with van der Waals surface area (Å²) in [6, 6.07) is 20.4. The first-order valence-corrected chi connectivity index (χ1v) is 18.2. The summed E-state index contributed by atoms with van der Waals surface area (Å²) in [6.45, 7) is 6.09. The van der Waals surface area contributed by atoms with Crippen LogP contribution in [0.2, 0.25) is 10.0 Å². The zero-order chi connectivity index (χ0) is 36.5. The molecule has 1 aromatic heterocycles. The van der Waals surface area contributed by atoms with Crippen LogP contribution in [0.3, 0.4) is 0 Å². The van der Waals surface area contributed by atoms with Crippen molar-refractivity contribution in [2.24, 2.45) is 11.0 Å². The van der Waals surface area contributed by atoms with E-state index >= 15 is 0 Å². The molecule has 0 spiro atoms. The molecule has 4 aromatic rings. The van der Waals surface area contributed by atoms with Gasteiger partial charge in [0, 0.05) is 35.1 Å². The second-order valence-corrected chi connectivity index (χ2v) is 14.5. The van der Waals surface area contributed by atoms with E-state index in [0.29, 0.717) is 35.2 Å². The number of benzene rings is 3. The van der Waals surface area contributed by atoms with E-state index in [9.17, 15) is 14.4 Å². The average Bonchev–Trinajstić information content (AvgIpc) is 3.72. The summed E-state index contributed by atoms with van der Waals surface area (Å²) < 4.78 is 7.21. The minimum absolute atomic E-state index is 0.0167. The van der Waals surface area contributed by atoms with Crippen LogP contribution in [0.5, 0.6) is 0 Å². The molecule has 0 bridgehead atoms. The maximum Gasteiger partial charge on any atom is 0.361 e. The number of esters is 1. The number of hydrogen-bond donors (Lipinski definition) is 1. The first kappa shape index (κ1) is 35.4. The lowest BCUT2D eigenvalue weighted by molar-refractivity contribution is -0.137. The fourth-order valence-electron chi connectivity index (χ4n) is 7.27. The highest BCUT2D eigenvalue weighted by atomic mass is 35.5. The second kappa shape index (κ2) is 14.9. The molecular formula is C39H39Cl2N7O4. The molecule has 3 aromatic carbocycles. The topological polar surface area (TPSA) is 122 Å². The standard InChI is InChI=1S/C39H39Cl2N7O4/c1-23(2)42-39(51)46-19-18-31-28(21-46)7-5-9-33(31)47-24(3)35(43-45-47)38(50)52-22-34(49)48-37(26-12-16-30(41)17-13-26)32-8-4-6-27(36(32)44-48)20-25-10-14-29(40)15-11-25/h5,7,9-17,20,23,32,37H,4,6,8,18-19,21-22H2,1-3H3,(H,42,51)/b27-20-. The molecule has 2 atom stereocenters. The molecule has 3 amide bonds. The van der Waals surface area contributed by atoms with Crippen molar-refractivity contribution in [2.45, 2.75) is 65.1 Å². The molecule has 0 radical (unpaired) electrons. The van der Waals surface area contributed by atoms with Gasteiger partial charge in [0.2, 0.25) is 0 Å². The SMILES string of the molecule is Cc1c(C(=O)OCC(=O)N2N=C3/C(=C\c4ccc(Cl)cc4)CCCC3C2c2ccc(Cl)cc2)nnn1-c1cccc2c1CCN(C(=O)NC(C)C)C2. The van der Waals surface area contributed by atoms with E-state index in [1.54, 1.807) is 28.6 Å². The lowest BCUT2D eigenvalue weighted by Gasteiger charge is -2.30. The molecule has 1 fully saturated rings. The fraction of sp³-hybridized carbons (Fsp3) is 0.333. The van der Waals surface area contributed by atoms with E-state index in [0.717, 1.165) is 58.5 Å². The maximum absolute atomic E-state index is 13.9. The average molecular weight is 741 g/mol. The van der Waals surface area contributed by atoms with E-state index in [4.69, 9.17) is 33.0 Å². The fourth-order valence-corrected chi connectivity index (χ4v) is 7.52. The van der Waals surface area contributed by atoms with Gasteiger partial charge in [0.1, 0.15) is 0 Å². The Hall–Kier alpha value is -5.00. The molecule has 13 heteroatoms. The van der Waals surface area contributed by atoms with Crippen LogP contribution >= 0.6 is 23.2 Å². The number of amides is 3. The molecule has 268 valence electrons. The summed E-state index contributed by atoms with van der Waals surface area (Å²) >= 11 is 12.3. The smallest absolute Gasteiger partial charge is 0.361 e. The van der Waals surface area contributed by atoms with Crippen LogP contribution in [-0.2, 0) is 22.5 Å². The monoisotopic (exact) mass is 739 g/mol. The van der Waals surface area contributed by atoms with Gasteiger partial charge in [0.05, 0.1) is 23.1 Å². The minimum atomic E-state index is -0.755.